The topological polar surface area (TPSA) is 49.9 Å². The quantitative estimate of drug-likeness (QED) is 0.480. The number of ether oxygens (including phenoxy) is 1. The molecule has 0 spiro atoms. The van der Waals surface area contributed by atoms with E-state index in [4.69, 9.17) is 4.74 Å². The van der Waals surface area contributed by atoms with Crippen LogP contribution in [-0.2, 0) is 9.53 Å². The molecule has 2 aromatic carbocycles. The monoisotopic (exact) mass is 474 g/mol. The van der Waals surface area contributed by atoms with E-state index >= 15 is 0 Å². The number of carbonyl (C=O) groups excluding carboxylic acids is 2. The van der Waals surface area contributed by atoms with Crippen LogP contribution >= 0.6 is 0 Å². The van der Waals surface area contributed by atoms with Crippen molar-refractivity contribution in [2.75, 3.05) is 26.2 Å². The zero-order valence-corrected chi connectivity index (χ0v) is 21.1. The van der Waals surface area contributed by atoms with Crippen LogP contribution in [-0.4, -0.2) is 60.0 Å². The summed E-state index contributed by atoms with van der Waals surface area (Å²) in [6, 6.07) is 17.1. The average Bonchev–Trinajstić information content (AvgIpc) is 3.20. The molecule has 186 valence electrons. The van der Waals surface area contributed by atoms with Crippen LogP contribution in [0.2, 0.25) is 0 Å². The molecule has 5 rings (SSSR count). The molecule has 0 aromatic heterocycles. The number of fused-ring (bicyclic) bond motifs is 5. The molecule has 1 amide bonds. The molecule has 2 saturated heterocycles. The van der Waals surface area contributed by atoms with Crippen molar-refractivity contribution in [2.45, 2.75) is 70.4 Å². The molecule has 0 saturated carbocycles. The van der Waals surface area contributed by atoms with Crippen LogP contribution in [0, 0.1) is 5.92 Å². The fourth-order valence-corrected chi connectivity index (χ4v) is 6.62. The minimum absolute atomic E-state index is 0.0744. The fraction of sp³-hybridized carbons (Fsp3) is 0.533. The maximum Gasteiger partial charge on any atom is 0.410 e. The first kappa shape index (κ1) is 24.1. The van der Waals surface area contributed by atoms with Crippen molar-refractivity contribution in [3.63, 3.8) is 0 Å². The number of benzene rings is 2. The van der Waals surface area contributed by atoms with Crippen LogP contribution in [0.25, 0.3) is 11.1 Å². The van der Waals surface area contributed by atoms with E-state index in [1.807, 2.05) is 4.90 Å². The lowest BCUT2D eigenvalue weighted by Gasteiger charge is -2.47. The first-order valence-electron chi connectivity index (χ1n) is 13.5. The van der Waals surface area contributed by atoms with Crippen LogP contribution in [0.15, 0.2) is 48.5 Å². The molecule has 2 fully saturated rings. The van der Waals surface area contributed by atoms with Gasteiger partial charge < -0.3 is 14.5 Å². The molecule has 0 radical (unpaired) electrons. The summed E-state index contributed by atoms with van der Waals surface area (Å²) in [5.74, 6) is 0.532. The Bertz CT molecular complexity index is 1000. The lowest BCUT2D eigenvalue weighted by molar-refractivity contribution is -0.127. The molecule has 0 N–H and O–H groups in total. The Hall–Kier alpha value is -2.66. The third-order valence-electron chi connectivity index (χ3n) is 8.55. The molecular formula is C30H38N2O3. The van der Waals surface area contributed by atoms with Gasteiger partial charge in [-0.15, -0.1) is 0 Å². The van der Waals surface area contributed by atoms with Gasteiger partial charge in [0.2, 0.25) is 0 Å². The number of carbonyl (C=O) groups is 2. The van der Waals surface area contributed by atoms with Crippen LogP contribution in [0.1, 0.15) is 69.4 Å². The number of hydrogen-bond acceptors (Lipinski definition) is 4. The molecule has 2 atom stereocenters. The van der Waals surface area contributed by atoms with Gasteiger partial charge in [0.25, 0.3) is 0 Å². The molecule has 35 heavy (non-hydrogen) atoms. The van der Waals surface area contributed by atoms with Crippen molar-refractivity contribution in [3.05, 3.63) is 59.7 Å². The number of ketones is 1. The van der Waals surface area contributed by atoms with Gasteiger partial charge in [0, 0.05) is 36.9 Å². The number of Topliss-reactive ketones (excluding diaryl/α,β-unsaturated/α-hetero) is 1. The van der Waals surface area contributed by atoms with Gasteiger partial charge in [-0.25, -0.2) is 4.79 Å². The molecule has 2 bridgehead atoms. The second-order valence-corrected chi connectivity index (χ2v) is 10.4. The third-order valence-corrected chi connectivity index (χ3v) is 8.55. The molecule has 2 heterocycles. The van der Waals surface area contributed by atoms with E-state index in [0.29, 0.717) is 18.8 Å². The lowest BCUT2D eigenvalue weighted by Crippen LogP contribution is -2.56. The smallest absolute Gasteiger partial charge is 0.410 e. The summed E-state index contributed by atoms with van der Waals surface area (Å²) < 4.78 is 6.01. The van der Waals surface area contributed by atoms with Crippen molar-refractivity contribution in [3.8, 4) is 11.1 Å². The highest BCUT2D eigenvalue weighted by atomic mass is 16.6. The summed E-state index contributed by atoms with van der Waals surface area (Å²) >= 11 is 0. The molecular weight excluding hydrogens is 436 g/mol. The first-order chi connectivity index (χ1) is 17.1. The van der Waals surface area contributed by atoms with Gasteiger partial charge in [-0.05, 0) is 67.4 Å². The minimum Gasteiger partial charge on any atom is -0.448 e. The van der Waals surface area contributed by atoms with Gasteiger partial charge in [0.15, 0.2) is 0 Å². The van der Waals surface area contributed by atoms with Crippen LogP contribution in [0.4, 0.5) is 4.79 Å². The summed E-state index contributed by atoms with van der Waals surface area (Å²) in [5.41, 5.74) is 4.95. The van der Waals surface area contributed by atoms with Crippen LogP contribution in [0.3, 0.4) is 0 Å². The maximum absolute atomic E-state index is 13.4. The molecule has 5 nitrogen and oxygen atoms in total. The summed E-state index contributed by atoms with van der Waals surface area (Å²) in [5, 5.41) is 0. The molecule has 3 aliphatic rings. The van der Waals surface area contributed by atoms with E-state index in [1.54, 1.807) is 0 Å². The number of rotatable bonds is 8. The van der Waals surface area contributed by atoms with E-state index in [-0.39, 0.29) is 30.0 Å². The van der Waals surface area contributed by atoms with Crippen molar-refractivity contribution >= 4 is 11.9 Å². The zero-order chi connectivity index (χ0) is 24.4. The van der Waals surface area contributed by atoms with Crippen molar-refractivity contribution < 1.29 is 14.3 Å². The van der Waals surface area contributed by atoms with Crippen molar-refractivity contribution in [2.24, 2.45) is 5.92 Å². The fourth-order valence-electron chi connectivity index (χ4n) is 6.62. The molecule has 5 heteroatoms. The minimum atomic E-state index is -0.199. The maximum atomic E-state index is 13.4. The Morgan fingerprint density at radius 2 is 1.49 bits per heavy atom. The largest absolute Gasteiger partial charge is 0.448 e. The Balaban J connectivity index is 1.23. The van der Waals surface area contributed by atoms with E-state index in [2.05, 4.69) is 67.3 Å². The van der Waals surface area contributed by atoms with Gasteiger partial charge >= 0.3 is 6.09 Å². The van der Waals surface area contributed by atoms with Gasteiger partial charge in [0.1, 0.15) is 12.4 Å². The highest BCUT2D eigenvalue weighted by Gasteiger charge is 2.43. The van der Waals surface area contributed by atoms with Crippen LogP contribution < -0.4 is 0 Å². The van der Waals surface area contributed by atoms with Crippen LogP contribution in [0.5, 0.6) is 0 Å². The highest BCUT2D eigenvalue weighted by molar-refractivity contribution is 5.82. The second kappa shape index (κ2) is 10.5. The number of piperidine rings is 2. The Kier molecular flexibility index (Phi) is 7.24. The molecule has 2 aromatic rings. The summed E-state index contributed by atoms with van der Waals surface area (Å²) in [7, 11) is 0. The van der Waals surface area contributed by atoms with Crippen molar-refractivity contribution in [1.82, 2.24) is 9.80 Å². The predicted octanol–water partition coefficient (Wildman–Crippen LogP) is 5.87. The third kappa shape index (κ3) is 4.75. The van der Waals surface area contributed by atoms with Crippen molar-refractivity contribution in [1.29, 1.82) is 0 Å². The summed E-state index contributed by atoms with van der Waals surface area (Å²) in [4.78, 5) is 30.7. The molecule has 2 aliphatic heterocycles. The molecule has 1 aliphatic carbocycles. The standard InChI is InChI=1S/C30H38N2O3/c1-3-31(4-2)17-16-29(33)21-18-22-10-9-11-23(19-21)32(22)30(34)35-20-28-26-14-7-5-12-24(26)25-13-6-8-15-27(25)28/h5-8,12-15,21-23,28H,3-4,9-11,16-20H2,1-2H3. The Labute approximate surface area is 209 Å². The van der Waals surface area contributed by atoms with Gasteiger partial charge in [-0.3, -0.25) is 4.79 Å². The SMILES string of the molecule is CCN(CC)CCC(=O)C1CC2CCCC(C1)N2C(=O)OCC1c2ccccc2-c2ccccc21. The normalized spacial score (nSPS) is 23.2. The average molecular weight is 475 g/mol. The zero-order valence-electron chi connectivity index (χ0n) is 21.1. The van der Waals surface area contributed by atoms with E-state index in [9.17, 15) is 9.59 Å². The van der Waals surface area contributed by atoms with E-state index in [1.165, 1.54) is 22.3 Å². The Morgan fingerprint density at radius 3 is 2.06 bits per heavy atom. The summed E-state index contributed by atoms with van der Waals surface area (Å²) in [6.07, 6.45) is 5.08. The summed E-state index contributed by atoms with van der Waals surface area (Å²) in [6.45, 7) is 7.45. The predicted molar refractivity (Wildman–Crippen MR) is 138 cm³/mol. The number of amides is 1. The van der Waals surface area contributed by atoms with Gasteiger partial charge in [-0.2, -0.15) is 0 Å². The highest BCUT2D eigenvalue weighted by Crippen LogP contribution is 2.45. The van der Waals surface area contributed by atoms with Gasteiger partial charge in [-0.1, -0.05) is 62.4 Å². The lowest BCUT2D eigenvalue weighted by atomic mass is 9.76. The first-order valence-corrected chi connectivity index (χ1v) is 13.5. The van der Waals surface area contributed by atoms with E-state index < -0.39 is 0 Å². The van der Waals surface area contributed by atoms with Gasteiger partial charge in [0.05, 0.1) is 0 Å². The second-order valence-electron chi connectivity index (χ2n) is 10.4. The number of nitrogens with zero attached hydrogens (tertiary/aromatic N) is 2. The molecule has 2 unspecified atom stereocenters. The number of hydrogen-bond donors (Lipinski definition) is 0. The van der Waals surface area contributed by atoms with E-state index in [0.717, 1.165) is 51.7 Å². The Morgan fingerprint density at radius 1 is 0.914 bits per heavy atom.